The minimum absolute atomic E-state index is 0.0818. The van der Waals surface area contributed by atoms with Gasteiger partial charge in [0.25, 0.3) is 5.91 Å². The highest BCUT2D eigenvalue weighted by Crippen LogP contribution is 2.24. The van der Waals surface area contributed by atoms with Gasteiger partial charge in [0.2, 0.25) is 0 Å². The summed E-state index contributed by atoms with van der Waals surface area (Å²) < 4.78 is 1.75. The predicted octanol–water partition coefficient (Wildman–Crippen LogP) is 3.31. The number of hydrogen-bond acceptors (Lipinski definition) is 3. The third kappa shape index (κ3) is 2.97. The van der Waals surface area contributed by atoms with Crippen molar-refractivity contribution in [2.24, 2.45) is 5.92 Å². The highest BCUT2D eigenvalue weighted by Gasteiger charge is 2.26. The van der Waals surface area contributed by atoms with Gasteiger partial charge in [-0.05, 0) is 43.0 Å². The van der Waals surface area contributed by atoms with Crippen LogP contribution in [-0.2, 0) is 6.42 Å². The number of nitrogens with zero attached hydrogens (tertiary/aromatic N) is 4. The monoisotopic (exact) mass is 359 g/mol. The van der Waals surface area contributed by atoms with E-state index >= 15 is 0 Å². The lowest BCUT2D eigenvalue weighted by Crippen LogP contribution is -2.38. The molecule has 1 N–H and O–H groups in total. The lowest BCUT2D eigenvalue weighted by Gasteiger charge is -2.31. The summed E-state index contributed by atoms with van der Waals surface area (Å²) in [6, 6.07) is 13.9. The summed E-state index contributed by atoms with van der Waals surface area (Å²) >= 11 is 0. The molecule has 1 fully saturated rings. The number of aromatic amines is 1. The largest absolute Gasteiger partial charge is 0.342 e. The molecule has 0 aliphatic carbocycles. The fourth-order valence-corrected chi connectivity index (χ4v) is 3.99. The number of rotatable bonds is 3. The lowest BCUT2D eigenvalue weighted by molar-refractivity contribution is 0.0692. The summed E-state index contributed by atoms with van der Waals surface area (Å²) in [4.78, 5) is 23.0. The third-order valence-electron chi connectivity index (χ3n) is 5.48. The summed E-state index contributed by atoms with van der Waals surface area (Å²) in [6.45, 7) is 1.57. The van der Waals surface area contributed by atoms with Crippen LogP contribution in [-0.4, -0.2) is 43.5 Å². The van der Waals surface area contributed by atoms with E-state index in [0.717, 1.165) is 54.7 Å². The van der Waals surface area contributed by atoms with Gasteiger partial charge in [-0.3, -0.25) is 4.79 Å². The lowest BCUT2D eigenvalue weighted by atomic mass is 9.93. The van der Waals surface area contributed by atoms with Gasteiger partial charge in [0.05, 0.1) is 28.3 Å². The molecule has 136 valence electrons. The molecule has 1 aliphatic heterocycles. The number of nitrogens with one attached hydrogen (secondary N) is 1. The molecule has 6 heteroatoms. The molecule has 0 unspecified atom stereocenters. The number of para-hydroxylation sites is 2. The van der Waals surface area contributed by atoms with Crippen LogP contribution >= 0.6 is 0 Å². The van der Waals surface area contributed by atoms with Crippen molar-refractivity contribution in [3.63, 3.8) is 0 Å². The van der Waals surface area contributed by atoms with Crippen LogP contribution in [0.1, 0.15) is 29.0 Å². The van der Waals surface area contributed by atoms with Crippen LogP contribution < -0.4 is 0 Å². The zero-order valence-corrected chi connectivity index (χ0v) is 15.0. The Balaban J connectivity index is 1.25. The molecule has 0 radical (unpaired) electrons. The third-order valence-corrected chi connectivity index (χ3v) is 5.48. The number of aromatic nitrogens is 4. The molecule has 0 saturated carbocycles. The molecule has 1 amide bonds. The first-order valence-corrected chi connectivity index (χ1v) is 9.43. The average Bonchev–Trinajstić information content (AvgIpc) is 3.31. The number of piperidine rings is 1. The minimum atomic E-state index is 0.0818. The average molecular weight is 359 g/mol. The summed E-state index contributed by atoms with van der Waals surface area (Å²) in [5.41, 5.74) is 3.67. The van der Waals surface area contributed by atoms with E-state index in [-0.39, 0.29) is 5.91 Å². The topological polar surface area (TPSA) is 66.3 Å². The molecular formula is C21H21N5O. The molecule has 4 aromatic rings. The van der Waals surface area contributed by atoms with E-state index in [9.17, 15) is 4.79 Å². The quantitative estimate of drug-likeness (QED) is 0.610. The number of amides is 1. The Kier molecular flexibility index (Phi) is 3.89. The summed E-state index contributed by atoms with van der Waals surface area (Å²) in [7, 11) is 0. The summed E-state index contributed by atoms with van der Waals surface area (Å²) in [6.07, 6.45) is 6.49. The van der Waals surface area contributed by atoms with E-state index in [0.29, 0.717) is 11.5 Å². The van der Waals surface area contributed by atoms with E-state index in [4.69, 9.17) is 0 Å². The smallest absolute Gasteiger partial charge is 0.257 e. The zero-order chi connectivity index (χ0) is 18.2. The van der Waals surface area contributed by atoms with E-state index in [1.54, 1.807) is 10.7 Å². The van der Waals surface area contributed by atoms with Crippen LogP contribution in [0, 0.1) is 5.92 Å². The van der Waals surface area contributed by atoms with Crippen LogP contribution in [0.4, 0.5) is 0 Å². The van der Waals surface area contributed by atoms with Crippen LogP contribution in [0.15, 0.2) is 54.9 Å². The number of carbonyl (C=O) groups excluding carboxylic acids is 1. The van der Waals surface area contributed by atoms with Crippen molar-refractivity contribution in [2.45, 2.75) is 19.3 Å². The van der Waals surface area contributed by atoms with Gasteiger partial charge in [0.15, 0.2) is 0 Å². The van der Waals surface area contributed by atoms with Crippen molar-refractivity contribution in [3.05, 3.63) is 66.2 Å². The first kappa shape index (κ1) is 16.1. The van der Waals surface area contributed by atoms with Gasteiger partial charge in [-0.2, -0.15) is 5.10 Å². The molecule has 4 heterocycles. The van der Waals surface area contributed by atoms with Gasteiger partial charge < -0.3 is 9.88 Å². The van der Waals surface area contributed by atoms with E-state index < -0.39 is 0 Å². The second kappa shape index (κ2) is 6.54. The number of likely N-dealkylation sites (tertiary alicyclic amines) is 1. The first-order chi connectivity index (χ1) is 13.3. The van der Waals surface area contributed by atoms with E-state index in [1.807, 2.05) is 47.5 Å². The molecular weight excluding hydrogens is 338 g/mol. The van der Waals surface area contributed by atoms with Gasteiger partial charge >= 0.3 is 0 Å². The number of imidazole rings is 1. The maximum Gasteiger partial charge on any atom is 0.257 e. The molecule has 6 nitrogen and oxygen atoms in total. The van der Waals surface area contributed by atoms with Gasteiger partial charge in [-0.15, -0.1) is 0 Å². The normalized spacial score (nSPS) is 15.6. The zero-order valence-electron chi connectivity index (χ0n) is 15.0. The number of fused-ring (bicyclic) bond motifs is 2. The maximum atomic E-state index is 12.9. The van der Waals surface area contributed by atoms with Crippen LogP contribution in [0.25, 0.3) is 16.6 Å². The Morgan fingerprint density at radius 2 is 1.93 bits per heavy atom. The van der Waals surface area contributed by atoms with Crippen molar-refractivity contribution in [2.75, 3.05) is 13.1 Å². The number of pyridine rings is 1. The molecule has 0 atom stereocenters. The van der Waals surface area contributed by atoms with Crippen molar-refractivity contribution >= 4 is 22.5 Å². The Morgan fingerprint density at radius 1 is 1.11 bits per heavy atom. The maximum absolute atomic E-state index is 12.9. The van der Waals surface area contributed by atoms with E-state index in [2.05, 4.69) is 21.1 Å². The molecule has 1 aromatic carbocycles. The van der Waals surface area contributed by atoms with Crippen molar-refractivity contribution < 1.29 is 4.79 Å². The summed E-state index contributed by atoms with van der Waals surface area (Å²) in [5, 5.41) is 4.28. The van der Waals surface area contributed by atoms with Crippen LogP contribution in [0.5, 0.6) is 0 Å². The summed E-state index contributed by atoms with van der Waals surface area (Å²) in [5.74, 6) is 1.68. The molecule has 1 aliphatic rings. The standard InChI is InChI=1S/C21H21N5O/c27-21(16-14-22-26-10-4-3-7-19(16)26)25-11-8-15(9-12-25)13-20-23-17-5-1-2-6-18(17)24-20/h1-7,10,14-15H,8-9,11-13H2,(H,23,24). The Morgan fingerprint density at radius 3 is 2.78 bits per heavy atom. The molecule has 0 spiro atoms. The second-order valence-electron chi connectivity index (χ2n) is 7.23. The van der Waals surface area contributed by atoms with Crippen LogP contribution in [0.2, 0.25) is 0 Å². The molecule has 3 aromatic heterocycles. The van der Waals surface area contributed by atoms with Crippen molar-refractivity contribution in [3.8, 4) is 0 Å². The Bertz CT molecular complexity index is 1070. The first-order valence-electron chi connectivity index (χ1n) is 9.43. The SMILES string of the molecule is O=C(c1cnn2ccccc12)N1CCC(Cc2nc3ccccc3[nH]2)CC1. The van der Waals surface area contributed by atoms with Crippen molar-refractivity contribution in [1.82, 2.24) is 24.5 Å². The molecule has 1 saturated heterocycles. The highest BCUT2D eigenvalue weighted by atomic mass is 16.2. The van der Waals surface area contributed by atoms with Crippen molar-refractivity contribution in [1.29, 1.82) is 0 Å². The Hall–Kier alpha value is -3.15. The van der Waals surface area contributed by atoms with Gasteiger partial charge in [-0.1, -0.05) is 18.2 Å². The number of benzene rings is 1. The van der Waals surface area contributed by atoms with Gasteiger partial charge in [0, 0.05) is 25.7 Å². The fraction of sp³-hybridized carbons (Fsp3) is 0.286. The Labute approximate surface area is 156 Å². The highest BCUT2D eigenvalue weighted by molar-refractivity contribution is 6.00. The predicted molar refractivity (Wildman–Crippen MR) is 104 cm³/mol. The van der Waals surface area contributed by atoms with Gasteiger partial charge in [0.1, 0.15) is 5.82 Å². The fourth-order valence-electron chi connectivity index (χ4n) is 3.99. The van der Waals surface area contributed by atoms with Gasteiger partial charge in [-0.25, -0.2) is 9.50 Å². The number of H-pyrrole nitrogens is 1. The second-order valence-corrected chi connectivity index (χ2v) is 7.23. The number of carbonyl (C=O) groups is 1. The molecule has 5 rings (SSSR count). The molecule has 0 bridgehead atoms. The number of hydrogen-bond donors (Lipinski definition) is 1. The minimum Gasteiger partial charge on any atom is -0.342 e. The van der Waals surface area contributed by atoms with Crippen LogP contribution in [0.3, 0.4) is 0 Å². The molecule has 27 heavy (non-hydrogen) atoms. The van der Waals surface area contributed by atoms with E-state index in [1.165, 1.54) is 0 Å².